The first-order valence-electron chi connectivity index (χ1n) is 12.9. The van der Waals surface area contributed by atoms with Crippen LogP contribution in [0, 0.1) is 0 Å². The number of hydrogen-bond acceptors (Lipinski definition) is 3. The molecule has 1 atom stereocenters. The van der Waals surface area contributed by atoms with Gasteiger partial charge in [-0.15, -0.1) is 0 Å². The molecule has 0 spiro atoms. The predicted octanol–water partition coefficient (Wildman–Crippen LogP) is 8.21. The third kappa shape index (κ3) is 3.47. The second-order valence-electron chi connectivity index (χ2n) is 9.80. The molecule has 7 rings (SSSR count). The molecule has 0 N–H and O–H groups in total. The molecule has 6 aromatic rings. The van der Waals surface area contributed by atoms with E-state index in [2.05, 4.69) is 79.7 Å². The minimum absolute atomic E-state index is 0.277. The Hall–Kier alpha value is -4.89. The average molecular weight is 488 g/mol. The highest BCUT2D eigenvalue weighted by molar-refractivity contribution is 5.92. The summed E-state index contributed by atoms with van der Waals surface area (Å²) in [6, 6.07) is 46.3. The van der Waals surface area contributed by atoms with E-state index in [0.29, 0.717) is 17.5 Å². The quantitative estimate of drug-likeness (QED) is 0.251. The molecule has 0 bridgehead atoms. The molecule has 3 nitrogen and oxygen atoms in total. The predicted molar refractivity (Wildman–Crippen MR) is 154 cm³/mol. The van der Waals surface area contributed by atoms with Crippen LogP contribution in [0.5, 0.6) is 0 Å². The SMILES string of the molecule is C[C@@]1(c2ccccc2)c2ccccc2-c2c(-c3nc(-c4ccccc4)nc(-c4ccccc4)n3)cccc21. The molecule has 0 aliphatic heterocycles. The van der Waals surface area contributed by atoms with Gasteiger partial charge in [0.1, 0.15) is 0 Å². The van der Waals surface area contributed by atoms with Gasteiger partial charge in [0.05, 0.1) is 0 Å². The molecular weight excluding hydrogens is 462 g/mol. The zero-order chi connectivity index (χ0) is 25.5. The molecule has 1 aliphatic carbocycles. The number of nitrogens with zero attached hydrogens (tertiary/aromatic N) is 3. The van der Waals surface area contributed by atoms with Gasteiger partial charge in [-0.25, -0.2) is 15.0 Å². The first-order valence-corrected chi connectivity index (χ1v) is 12.9. The van der Waals surface area contributed by atoms with E-state index in [0.717, 1.165) is 16.7 Å². The molecule has 0 radical (unpaired) electrons. The summed E-state index contributed by atoms with van der Waals surface area (Å²) in [7, 11) is 0. The van der Waals surface area contributed by atoms with E-state index < -0.39 is 0 Å². The van der Waals surface area contributed by atoms with Crippen molar-refractivity contribution in [2.24, 2.45) is 0 Å². The summed E-state index contributed by atoms with van der Waals surface area (Å²) >= 11 is 0. The Morgan fingerprint density at radius 1 is 0.421 bits per heavy atom. The van der Waals surface area contributed by atoms with Gasteiger partial charge in [-0.2, -0.15) is 0 Å². The Labute approximate surface area is 222 Å². The van der Waals surface area contributed by atoms with Gasteiger partial charge < -0.3 is 0 Å². The molecule has 0 amide bonds. The Bertz CT molecular complexity index is 1700. The summed E-state index contributed by atoms with van der Waals surface area (Å²) in [6.07, 6.45) is 0. The average Bonchev–Trinajstić information content (AvgIpc) is 3.28. The Kier molecular flexibility index (Phi) is 5.22. The maximum Gasteiger partial charge on any atom is 0.164 e. The van der Waals surface area contributed by atoms with Crippen LogP contribution in [0.15, 0.2) is 133 Å². The van der Waals surface area contributed by atoms with Crippen LogP contribution >= 0.6 is 0 Å². The zero-order valence-corrected chi connectivity index (χ0v) is 21.0. The lowest BCUT2D eigenvalue weighted by atomic mass is 9.74. The van der Waals surface area contributed by atoms with Crippen molar-refractivity contribution in [3.63, 3.8) is 0 Å². The minimum atomic E-state index is -0.277. The highest BCUT2D eigenvalue weighted by atomic mass is 15.0. The number of fused-ring (bicyclic) bond motifs is 3. The summed E-state index contributed by atoms with van der Waals surface area (Å²) in [5.74, 6) is 2.02. The van der Waals surface area contributed by atoms with Crippen molar-refractivity contribution in [2.75, 3.05) is 0 Å². The van der Waals surface area contributed by atoms with E-state index in [1.54, 1.807) is 0 Å². The smallest absolute Gasteiger partial charge is 0.164 e. The van der Waals surface area contributed by atoms with E-state index >= 15 is 0 Å². The molecule has 5 aromatic carbocycles. The van der Waals surface area contributed by atoms with Gasteiger partial charge in [-0.1, -0.05) is 133 Å². The molecule has 0 saturated carbocycles. The number of aromatic nitrogens is 3. The van der Waals surface area contributed by atoms with Gasteiger partial charge in [0, 0.05) is 22.1 Å². The van der Waals surface area contributed by atoms with Crippen LogP contribution in [0.4, 0.5) is 0 Å². The van der Waals surface area contributed by atoms with Gasteiger partial charge >= 0.3 is 0 Å². The van der Waals surface area contributed by atoms with Crippen molar-refractivity contribution in [3.8, 4) is 45.3 Å². The third-order valence-electron chi connectivity index (χ3n) is 7.63. The lowest BCUT2D eigenvalue weighted by Gasteiger charge is -2.28. The molecule has 1 aliphatic rings. The fourth-order valence-electron chi connectivity index (χ4n) is 5.74. The molecule has 180 valence electrons. The number of hydrogen-bond donors (Lipinski definition) is 0. The number of benzene rings is 5. The van der Waals surface area contributed by atoms with Crippen LogP contribution in [-0.2, 0) is 5.41 Å². The number of rotatable bonds is 4. The van der Waals surface area contributed by atoms with Crippen LogP contribution in [0.25, 0.3) is 45.3 Å². The van der Waals surface area contributed by atoms with Crippen LogP contribution in [-0.4, -0.2) is 15.0 Å². The van der Waals surface area contributed by atoms with Gasteiger partial charge in [-0.3, -0.25) is 0 Å². The van der Waals surface area contributed by atoms with Crippen molar-refractivity contribution in [1.29, 1.82) is 0 Å². The lowest BCUT2D eigenvalue weighted by molar-refractivity contribution is 0.714. The van der Waals surface area contributed by atoms with E-state index in [9.17, 15) is 0 Å². The summed E-state index contributed by atoms with van der Waals surface area (Å²) in [4.78, 5) is 15.0. The van der Waals surface area contributed by atoms with Crippen LogP contribution in [0.1, 0.15) is 23.6 Å². The van der Waals surface area contributed by atoms with Gasteiger partial charge in [0.25, 0.3) is 0 Å². The van der Waals surface area contributed by atoms with Gasteiger partial charge in [-0.05, 0) is 34.7 Å². The second kappa shape index (κ2) is 8.89. The van der Waals surface area contributed by atoms with Crippen molar-refractivity contribution < 1.29 is 0 Å². The molecule has 0 unspecified atom stereocenters. The molecule has 1 heterocycles. The lowest BCUT2D eigenvalue weighted by Crippen LogP contribution is -2.22. The first kappa shape index (κ1) is 22.3. The Balaban J connectivity index is 1.51. The Morgan fingerprint density at radius 3 is 1.53 bits per heavy atom. The largest absolute Gasteiger partial charge is 0.208 e. The maximum absolute atomic E-state index is 5.05. The first-order chi connectivity index (χ1) is 18.7. The minimum Gasteiger partial charge on any atom is -0.208 e. The van der Waals surface area contributed by atoms with E-state index in [-0.39, 0.29) is 5.41 Å². The molecule has 0 fully saturated rings. The third-order valence-corrected chi connectivity index (χ3v) is 7.63. The maximum atomic E-state index is 5.05. The van der Waals surface area contributed by atoms with Gasteiger partial charge in [0.2, 0.25) is 0 Å². The van der Waals surface area contributed by atoms with Crippen molar-refractivity contribution in [2.45, 2.75) is 12.3 Å². The van der Waals surface area contributed by atoms with Crippen LogP contribution in [0.3, 0.4) is 0 Å². The molecule has 3 heteroatoms. The highest BCUT2D eigenvalue weighted by Crippen LogP contribution is 2.54. The summed E-state index contributed by atoms with van der Waals surface area (Å²) in [6.45, 7) is 2.33. The fraction of sp³-hybridized carbons (Fsp3) is 0.0571. The summed E-state index contributed by atoms with van der Waals surface area (Å²) < 4.78 is 0. The fourth-order valence-corrected chi connectivity index (χ4v) is 5.74. The van der Waals surface area contributed by atoms with E-state index in [4.69, 9.17) is 15.0 Å². The van der Waals surface area contributed by atoms with Crippen LogP contribution < -0.4 is 0 Å². The second-order valence-corrected chi connectivity index (χ2v) is 9.80. The molecule has 0 saturated heterocycles. The van der Waals surface area contributed by atoms with Crippen molar-refractivity contribution in [3.05, 3.63) is 150 Å². The van der Waals surface area contributed by atoms with E-state index in [1.807, 2.05) is 60.7 Å². The zero-order valence-electron chi connectivity index (χ0n) is 21.0. The normalized spacial score (nSPS) is 15.6. The molecular formula is C35H25N3. The molecule has 1 aromatic heterocycles. The van der Waals surface area contributed by atoms with E-state index in [1.165, 1.54) is 27.8 Å². The summed E-state index contributed by atoms with van der Waals surface area (Å²) in [5, 5.41) is 0. The monoisotopic (exact) mass is 487 g/mol. The standard InChI is InChI=1S/C35H25N3/c1-35(26-18-9-4-10-19-26)29-22-12-11-20-27(29)31-28(21-13-23-30(31)35)34-37-32(24-14-5-2-6-15-24)36-33(38-34)25-16-7-3-8-17-25/h2-23H,1H3/t35-/m1/s1. The Morgan fingerprint density at radius 2 is 0.895 bits per heavy atom. The topological polar surface area (TPSA) is 38.7 Å². The van der Waals surface area contributed by atoms with Crippen LogP contribution in [0.2, 0.25) is 0 Å². The highest BCUT2D eigenvalue weighted by Gasteiger charge is 2.41. The summed E-state index contributed by atoms with van der Waals surface area (Å²) in [5.41, 5.74) is 8.94. The van der Waals surface area contributed by atoms with Gasteiger partial charge in [0.15, 0.2) is 17.5 Å². The van der Waals surface area contributed by atoms with Crippen molar-refractivity contribution in [1.82, 2.24) is 15.0 Å². The van der Waals surface area contributed by atoms with Crippen molar-refractivity contribution >= 4 is 0 Å². The molecule has 38 heavy (non-hydrogen) atoms.